The average molecular weight is 482 g/mol. The van der Waals surface area contributed by atoms with E-state index in [-0.39, 0.29) is 39.7 Å². The van der Waals surface area contributed by atoms with Crippen molar-refractivity contribution < 1.29 is 32.5 Å². The third-order valence-electron chi connectivity index (χ3n) is 5.75. The molecule has 1 aromatic carbocycles. The van der Waals surface area contributed by atoms with Crippen molar-refractivity contribution in [1.82, 2.24) is 4.98 Å². The van der Waals surface area contributed by atoms with Crippen LogP contribution in [-0.2, 0) is 15.7 Å². The largest absolute Gasteiger partial charge is 0.508 e. The molecule has 9 heteroatoms. The third-order valence-corrected chi connectivity index (χ3v) is 6.02. The lowest BCUT2D eigenvalue weighted by Gasteiger charge is -2.40. The highest BCUT2D eigenvalue weighted by Gasteiger charge is 2.48. The van der Waals surface area contributed by atoms with Gasteiger partial charge in [-0.15, -0.1) is 0 Å². The van der Waals surface area contributed by atoms with Crippen molar-refractivity contribution >= 4 is 23.0 Å². The van der Waals surface area contributed by atoms with Crippen LogP contribution in [0.3, 0.4) is 0 Å². The fourth-order valence-electron chi connectivity index (χ4n) is 4.02. The third kappa shape index (κ3) is 4.46. The van der Waals surface area contributed by atoms with Gasteiger partial charge < -0.3 is 14.6 Å². The zero-order valence-electron chi connectivity index (χ0n) is 18.5. The number of halogens is 4. The minimum Gasteiger partial charge on any atom is -0.508 e. The predicted octanol–water partition coefficient (Wildman–Crippen LogP) is 6.85. The lowest BCUT2D eigenvalue weighted by Crippen LogP contribution is -2.49. The van der Waals surface area contributed by atoms with Gasteiger partial charge in [0.2, 0.25) is 5.88 Å². The molecule has 0 saturated heterocycles. The molecule has 0 bridgehead atoms. The molecule has 1 N–H and O–H groups in total. The number of aromatic nitrogens is 1. The number of ether oxygens (including phenoxy) is 2. The molecule has 0 amide bonds. The van der Waals surface area contributed by atoms with Crippen LogP contribution >= 0.6 is 11.6 Å². The van der Waals surface area contributed by atoms with E-state index in [1.807, 2.05) is 0 Å². The van der Waals surface area contributed by atoms with Gasteiger partial charge in [-0.1, -0.05) is 17.7 Å². The molecule has 5 nitrogen and oxygen atoms in total. The van der Waals surface area contributed by atoms with E-state index in [9.17, 15) is 23.1 Å². The Balaban J connectivity index is 1.79. The molecular formula is C24H23ClF3NO4. The Hall–Kier alpha value is -2.58. The first-order chi connectivity index (χ1) is 15.2. The molecule has 33 heavy (non-hydrogen) atoms. The number of benzene rings is 1. The van der Waals surface area contributed by atoms with E-state index in [0.717, 1.165) is 24.5 Å². The number of ketones is 1. The summed E-state index contributed by atoms with van der Waals surface area (Å²) in [6.45, 7) is 6.65. The predicted molar refractivity (Wildman–Crippen MR) is 117 cm³/mol. The molecule has 1 aliphatic carbocycles. The quantitative estimate of drug-likeness (QED) is 0.517. The maximum atomic E-state index is 13.3. The normalized spacial score (nSPS) is 20.2. The van der Waals surface area contributed by atoms with Gasteiger partial charge in [-0.3, -0.25) is 4.79 Å². The van der Waals surface area contributed by atoms with Gasteiger partial charge in [-0.25, -0.2) is 4.98 Å². The van der Waals surface area contributed by atoms with E-state index < -0.39 is 22.9 Å². The van der Waals surface area contributed by atoms with E-state index in [2.05, 4.69) is 4.98 Å². The van der Waals surface area contributed by atoms with Gasteiger partial charge in [0.25, 0.3) is 0 Å². The number of carbonyl (C=O) groups excluding carboxylic acids is 1. The van der Waals surface area contributed by atoms with Crippen molar-refractivity contribution in [3.8, 4) is 11.6 Å². The topological polar surface area (TPSA) is 68.7 Å². The summed E-state index contributed by atoms with van der Waals surface area (Å²) in [5.74, 6) is -0.296. The van der Waals surface area contributed by atoms with Crippen LogP contribution in [-0.4, -0.2) is 27.1 Å². The van der Waals surface area contributed by atoms with Crippen molar-refractivity contribution in [1.29, 1.82) is 0 Å². The SMILES string of the molecule is CC1(C)OC(C)(C)C(O)=C(c2cc(Oc3ncc(C(F)(F)F)cc3Cl)ccc2C2CC2)C1=O. The molecule has 0 atom stereocenters. The summed E-state index contributed by atoms with van der Waals surface area (Å²) >= 11 is 5.98. The Labute approximate surface area is 194 Å². The zero-order chi connectivity index (χ0) is 24.3. The molecule has 0 unspecified atom stereocenters. The minimum atomic E-state index is -4.58. The summed E-state index contributed by atoms with van der Waals surface area (Å²) in [7, 11) is 0. The molecule has 176 valence electrons. The number of pyridine rings is 1. The maximum Gasteiger partial charge on any atom is 0.417 e. The number of aliphatic hydroxyl groups is 1. The summed E-state index contributed by atoms with van der Waals surface area (Å²) < 4.78 is 50.2. The van der Waals surface area contributed by atoms with E-state index >= 15 is 0 Å². The molecule has 1 saturated carbocycles. The lowest BCUT2D eigenvalue weighted by molar-refractivity contribution is -0.158. The van der Waals surface area contributed by atoms with Gasteiger partial charge >= 0.3 is 6.18 Å². The summed E-state index contributed by atoms with van der Waals surface area (Å²) in [5.41, 5.74) is -1.71. The smallest absolute Gasteiger partial charge is 0.417 e. The first kappa shape index (κ1) is 23.6. The van der Waals surface area contributed by atoms with Crippen LogP contribution in [0.4, 0.5) is 13.2 Å². The number of hydrogen-bond acceptors (Lipinski definition) is 5. The molecule has 1 aliphatic heterocycles. The fraction of sp³-hybridized carbons (Fsp3) is 0.417. The number of rotatable bonds is 4. The number of nitrogens with zero attached hydrogens (tertiary/aromatic N) is 1. The minimum absolute atomic E-state index is 0.148. The highest BCUT2D eigenvalue weighted by atomic mass is 35.5. The van der Waals surface area contributed by atoms with E-state index in [1.54, 1.807) is 45.9 Å². The van der Waals surface area contributed by atoms with Gasteiger partial charge in [0.05, 0.1) is 11.1 Å². The zero-order valence-corrected chi connectivity index (χ0v) is 19.3. The van der Waals surface area contributed by atoms with E-state index in [0.29, 0.717) is 11.8 Å². The first-order valence-electron chi connectivity index (χ1n) is 10.4. The summed E-state index contributed by atoms with van der Waals surface area (Å²) in [5, 5.41) is 10.7. The maximum absolute atomic E-state index is 13.3. The highest BCUT2D eigenvalue weighted by molar-refractivity contribution is 6.32. The summed E-state index contributed by atoms with van der Waals surface area (Å²) in [6, 6.07) is 5.77. The van der Waals surface area contributed by atoms with Crippen LogP contribution in [0.25, 0.3) is 5.57 Å². The molecule has 4 rings (SSSR count). The highest BCUT2D eigenvalue weighted by Crippen LogP contribution is 2.48. The molecule has 2 heterocycles. The first-order valence-corrected chi connectivity index (χ1v) is 10.8. The van der Waals surface area contributed by atoms with E-state index in [4.69, 9.17) is 21.1 Å². The van der Waals surface area contributed by atoms with Crippen molar-refractivity contribution in [3.05, 3.63) is 57.9 Å². The molecule has 1 aromatic heterocycles. The van der Waals surface area contributed by atoms with Crippen LogP contribution < -0.4 is 4.74 Å². The summed E-state index contributed by atoms with van der Waals surface area (Å²) in [4.78, 5) is 17.0. The molecule has 0 spiro atoms. The second kappa shape index (κ2) is 7.74. The van der Waals surface area contributed by atoms with Crippen molar-refractivity contribution in [2.75, 3.05) is 0 Å². The van der Waals surface area contributed by atoms with Crippen LogP contribution in [0.5, 0.6) is 11.6 Å². The van der Waals surface area contributed by atoms with Crippen LogP contribution in [0.1, 0.15) is 63.1 Å². The van der Waals surface area contributed by atoms with E-state index in [1.165, 1.54) is 0 Å². The molecule has 2 aliphatic rings. The van der Waals surface area contributed by atoms with Gasteiger partial charge in [0.1, 0.15) is 27.7 Å². The monoisotopic (exact) mass is 481 g/mol. The fourth-order valence-corrected chi connectivity index (χ4v) is 4.23. The number of hydrogen-bond donors (Lipinski definition) is 1. The second-order valence-corrected chi connectivity index (χ2v) is 9.72. The molecule has 0 radical (unpaired) electrons. The van der Waals surface area contributed by atoms with Gasteiger partial charge in [0, 0.05) is 6.20 Å². The molecular weight excluding hydrogens is 459 g/mol. The standard InChI is InChI=1S/C24H23ClF3NO4/c1-22(2)19(30)18(20(31)23(3,4)33-22)16-10-14(7-8-15(16)12-5-6-12)32-21-17(25)9-13(11-29-21)24(26,27)28/h7-12,30H,5-6H2,1-4H3. The Kier molecular flexibility index (Phi) is 5.53. The van der Waals surface area contributed by atoms with Gasteiger partial charge in [-0.2, -0.15) is 13.2 Å². The molecule has 2 aromatic rings. The average Bonchev–Trinajstić information content (AvgIpc) is 3.52. The number of aliphatic hydroxyl groups excluding tert-OH is 1. The second-order valence-electron chi connectivity index (χ2n) is 9.31. The lowest BCUT2D eigenvalue weighted by atomic mass is 9.81. The Morgan fingerprint density at radius 1 is 1.15 bits per heavy atom. The number of carbonyl (C=O) groups is 1. The summed E-state index contributed by atoms with van der Waals surface area (Å²) in [6.07, 6.45) is -2.04. The Morgan fingerprint density at radius 2 is 1.82 bits per heavy atom. The number of alkyl halides is 3. The molecule has 1 fully saturated rings. The van der Waals surface area contributed by atoms with Crippen LogP contribution in [0, 0.1) is 0 Å². The van der Waals surface area contributed by atoms with Crippen molar-refractivity contribution in [2.24, 2.45) is 0 Å². The Bertz CT molecular complexity index is 1170. The number of Topliss-reactive ketones (excluding diaryl/α,β-unsaturated/α-hetero) is 1. The van der Waals surface area contributed by atoms with Gasteiger partial charge in [-0.05, 0) is 75.8 Å². The Morgan fingerprint density at radius 3 is 2.39 bits per heavy atom. The van der Waals surface area contributed by atoms with Crippen LogP contribution in [0.15, 0.2) is 36.2 Å². The van der Waals surface area contributed by atoms with Crippen LogP contribution in [0.2, 0.25) is 5.02 Å². The van der Waals surface area contributed by atoms with Crippen molar-refractivity contribution in [2.45, 2.75) is 63.8 Å². The van der Waals surface area contributed by atoms with Crippen molar-refractivity contribution in [3.63, 3.8) is 0 Å². The van der Waals surface area contributed by atoms with Gasteiger partial charge in [0.15, 0.2) is 5.78 Å².